The summed E-state index contributed by atoms with van der Waals surface area (Å²) < 4.78 is 17.5. The standard InChI is InChI=1S/C33H20N3O2.C10H12N.2Pt/c1-35-18-19-36(24-35)28-10-7-15-32(23-28)38-31-14-6-9-27(21-31)33-22-26(16-17-34-33)25-8-5-13-30(20-25)37-29-11-3-2-4-12-29;1-6-11-9(4)7(2)8(3)10(11)5;;/h2-11,13-15,17-19,22H,1H3;2-5H3;;/q-3;-1;+2;+4. The first kappa shape index (κ1) is 38.8. The van der Waals surface area contributed by atoms with Gasteiger partial charge in [-0.25, -0.2) is 24.2 Å². The normalized spacial score (nSPS) is 11.1. The molecule has 0 bridgehead atoms. The molecule has 0 N–H and O–H groups in total. The maximum atomic E-state index is 7.05. The van der Waals surface area contributed by atoms with E-state index in [9.17, 15) is 0 Å². The smallest absolute Gasteiger partial charge is 0.669 e. The van der Waals surface area contributed by atoms with Gasteiger partial charge in [0, 0.05) is 34.4 Å². The van der Waals surface area contributed by atoms with Crippen molar-refractivity contribution in [2.45, 2.75) is 27.7 Å². The van der Waals surface area contributed by atoms with Gasteiger partial charge < -0.3 is 25.4 Å². The van der Waals surface area contributed by atoms with Crippen LogP contribution in [-0.4, -0.2) is 31.8 Å². The Labute approximate surface area is 329 Å². The van der Waals surface area contributed by atoms with Crippen molar-refractivity contribution < 1.29 is 60.8 Å². The van der Waals surface area contributed by atoms with Crippen molar-refractivity contribution in [3.05, 3.63) is 163 Å². The first-order valence-corrected chi connectivity index (χ1v) is 15.6. The second-order valence-electron chi connectivity index (χ2n) is 11.3. The van der Waals surface area contributed by atoms with E-state index in [2.05, 4.69) is 61.2 Å². The van der Waals surface area contributed by atoms with Crippen molar-refractivity contribution in [1.82, 2.24) is 9.55 Å². The first-order chi connectivity index (χ1) is 23.8. The zero-order valence-electron chi connectivity index (χ0n) is 28.6. The molecule has 0 aliphatic carbocycles. The van der Waals surface area contributed by atoms with Crippen molar-refractivity contribution >= 4 is 11.7 Å². The van der Waals surface area contributed by atoms with Crippen LogP contribution in [0.5, 0.6) is 23.0 Å². The number of rotatable bonds is 7. The molecule has 2 aromatic heterocycles. The van der Waals surface area contributed by atoms with E-state index in [4.69, 9.17) is 15.9 Å². The third-order valence-electron chi connectivity index (χ3n) is 8.08. The molecule has 0 saturated carbocycles. The Hall–Kier alpha value is -5.03. The summed E-state index contributed by atoms with van der Waals surface area (Å²) in [5.41, 5.74) is 8.83. The largest absolute Gasteiger partial charge is 4.00 e. The number of aromatic nitrogens is 2. The Kier molecular flexibility index (Phi) is 13.5. The summed E-state index contributed by atoms with van der Waals surface area (Å²) in [7, 11) is 1.92. The van der Waals surface area contributed by atoms with Crippen molar-refractivity contribution in [3.63, 3.8) is 0 Å². The van der Waals surface area contributed by atoms with Crippen molar-refractivity contribution in [3.8, 4) is 51.4 Å². The van der Waals surface area contributed by atoms with Gasteiger partial charge >= 0.3 is 48.1 Å². The molecule has 8 heteroatoms. The van der Waals surface area contributed by atoms with E-state index >= 15 is 0 Å². The van der Waals surface area contributed by atoms with Crippen molar-refractivity contribution in [2.24, 2.45) is 0 Å². The van der Waals surface area contributed by atoms with Gasteiger partial charge in [0.1, 0.15) is 5.69 Å². The monoisotopic (exact) mass is 1030 g/mol. The average Bonchev–Trinajstić information content (AvgIpc) is 3.65. The minimum atomic E-state index is 0. The maximum absolute atomic E-state index is 7.05. The van der Waals surface area contributed by atoms with E-state index in [1.165, 1.54) is 11.1 Å². The van der Waals surface area contributed by atoms with Crippen LogP contribution in [-0.2, 0) is 42.1 Å². The summed E-state index contributed by atoms with van der Waals surface area (Å²) in [6, 6.07) is 48.3. The minimum absolute atomic E-state index is 0. The van der Waals surface area contributed by atoms with Crippen molar-refractivity contribution in [1.29, 1.82) is 0 Å². The van der Waals surface area contributed by atoms with Gasteiger partial charge in [0.15, 0.2) is 7.05 Å². The van der Waals surface area contributed by atoms with Crippen LogP contribution in [0.2, 0.25) is 0 Å². The van der Waals surface area contributed by atoms with Crippen molar-refractivity contribution in [2.75, 3.05) is 7.05 Å². The molecule has 254 valence electrons. The Bertz CT molecular complexity index is 2270. The van der Waals surface area contributed by atoms with Gasteiger partial charge in [-0.2, -0.15) is 36.4 Å². The Balaban J connectivity index is 0.000000387. The number of hydrogen-bond donors (Lipinski definition) is 0. The predicted octanol–water partition coefficient (Wildman–Crippen LogP) is 9.06. The number of nitrogens with zero attached hydrogens (tertiary/aromatic N) is 4. The van der Waals surface area contributed by atoms with Crippen LogP contribution in [0.15, 0.2) is 104 Å². The average molecular weight is 1030 g/mol. The van der Waals surface area contributed by atoms with E-state index < -0.39 is 0 Å². The summed E-state index contributed by atoms with van der Waals surface area (Å²) >= 11 is 0. The topological polar surface area (TPSA) is 42.3 Å². The third kappa shape index (κ3) is 9.40. The molecule has 0 saturated heterocycles. The molecular formula is C43H32N4O2Pt2+2. The summed E-state index contributed by atoms with van der Waals surface area (Å²) in [5, 5.41) is 0. The minimum Gasteiger partial charge on any atom is -0.669 e. The van der Waals surface area contributed by atoms with Crippen LogP contribution in [0.25, 0.3) is 22.4 Å². The molecule has 6 nitrogen and oxygen atoms in total. The summed E-state index contributed by atoms with van der Waals surface area (Å²) in [4.78, 5) is 4.52. The van der Waals surface area contributed by atoms with E-state index in [0.29, 0.717) is 23.0 Å². The zero-order valence-corrected chi connectivity index (χ0v) is 33.1. The number of benzene rings is 4. The number of hydrogen-bond acceptors (Lipinski definition) is 3. The molecule has 3 heterocycles. The van der Waals surface area contributed by atoms with Gasteiger partial charge in [0.05, 0.1) is 0 Å². The molecule has 51 heavy (non-hydrogen) atoms. The zero-order chi connectivity index (χ0) is 34.3. The number of para-hydroxylation sites is 1. The van der Waals surface area contributed by atoms with Gasteiger partial charge in [-0.15, -0.1) is 48.0 Å². The van der Waals surface area contributed by atoms with E-state index in [0.717, 1.165) is 39.5 Å². The summed E-state index contributed by atoms with van der Waals surface area (Å²) in [6.45, 7) is 8.17. The quantitative estimate of drug-likeness (QED) is 0.0912. The fourth-order valence-electron chi connectivity index (χ4n) is 5.16. The van der Waals surface area contributed by atoms with Crippen LogP contribution in [0.4, 0.5) is 5.69 Å². The Morgan fingerprint density at radius 3 is 1.94 bits per heavy atom. The summed E-state index contributed by atoms with van der Waals surface area (Å²) in [6.07, 6.45) is 12.5. The molecule has 1 aliphatic rings. The van der Waals surface area contributed by atoms with E-state index in [1.54, 1.807) is 10.8 Å². The summed E-state index contributed by atoms with van der Waals surface area (Å²) in [5.74, 6) is 2.38. The van der Waals surface area contributed by atoms with E-state index in [-0.39, 0.29) is 42.1 Å². The molecule has 4 aromatic carbocycles. The van der Waals surface area contributed by atoms with Gasteiger partial charge in [0.25, 0.3) is 6.20 Å². The van der Waals surface area contributed by atoms with Crippen LogP contribution in [0.1, 0.15) is 22.5 Å². The molecule has 0 unspecified atom stereocenters. The second kappa shape index (κ2) is 17.8. The first-order valence-electron chi connectivity index (χ1n) is 15.6. The molecule has 0 atom stereocenters. The Morgan fingerprint density at radius 1 is 0.725 bits per heavy atom. The predicted molar refractivity (Wildman–Crippen MR) is 188 cm³/mol. The molecule has 1 aliphatic heterocycles. The fraction of sp³-hybridized carbons (Fsp3) is 0.116. The number of ether oxygens (including phenoxy) is 2. The molecule has 0 fully saturated rings. The van der Waals surface area contributed by atoms with Crippen LogP contribution >= 0.6 is 0 Å². The van der Waals surface area contributed by atoms with Gasteiger partial charge in [-0.3, -0.25) is 11.1 Å². The third-order valence-corrected chi connectivity index (χ3v) is 8.08. The Morgan fingerprint density at radius 2 is 1.33 bits per heavy atom. The number of pyridine rings is 1. The van der Waals surface area contributed by atoms with E-state index in [1.807, 2.05) is 127 Å². The molecule has 7 rings (SSSR count). The van der Waals surface area contributed by atoms with Crippen LogP contribution in [0, 0.1) is 70.5 Å². The molecule has 0 spiro atoms. The SMILES string of the molecule is C[N+]1=C=[N+](c2[c-]c(Oc3[c-]c(-c4cc(-c5[c-]c(Oc6[c-]cccc6)ccc5)[c-]cn4)ccc3)ccc2)C=C1.[C-]#Cn1c(C)c(C)c(C)c1C.[Pt+2].[Pt+4]. The molecule has 0 radical (unpaired) electrons. The van der Waals surface area contributed by atoms with Crippen LogP contribution in [0.3, 0.4) is 0 Å². The molecular weight excluding hydrogens is 995 g/mol. The van der Waals surface area contributed by atoms with Gasteiger partial charge in [0.2, 0.25) is 6.20 Å². The maximum Gasteiger partial charge on any atom is 4.00 e. The molecule has 0 amide bonds. The van der Waals surface area contributed by atoms with Crippen LogP contribution < -0.4 is 9.47 Å². The fourth-order valence-corrected chi connectivity index (χ4v) is 5.16. The van der Waals surface area contributed by atoms with Gasteiger partial charge in [-0.05, 0) is 38.8 Å². The van der Waals surface area contributed by atoms with Gasteiger partial charge in [-0.1, -0.05) is 39.2 Å². The molecule has 6 aromatic rings. The second-order valence-corrected chi connectivity index (χ2v) is 11.3.